The Morgan fingerprint density at radius 3 is 2.68 bits per heavy atom. The van der Waals surface area contributed by atoms with Crippen molar-refractivity contribution in [2.75, 3.05) is 5.32 Å². The lowest BCUT2D eigenvalue weighted by molar-refractivity contribution is -0.154. The first-order valence-corrected chi connectivity index (χ1v) is 9.80. The highest BCUT2D eigenvalue weighted by Crippen LogP contribution is 2.22. The number of anilines is 1. The standard InChI is InChI=1S/C17H18N4O6S/c1-9-8-14(20-27-9)19-16(22)11(3)26-17(23)10(2)18-15-12-6-4-5-7-13(12)28(24,25)21-15/h4-8,10-11H,1-3H3,(H,18,21)(H,19,20,22)/t10-,11?/m0/s1. The summed E-state index contributed by atoms with van der Waals surface area (Å²) >= 11 is 0. The van der Waals surface area contributed by atoms with Crippen molar-refractivity contribution >= 4 is 33.6 Å². The summed E-state index contributed by atoms with van der Waals surface area (Å²) in [7, 11) is -3.71. The van der Waals surface area contributed by atoms with E-state index in [9.17, 15) is 18.0 Å². The van der Waals surface area contributed by atoms with Gasteiger partial charge in [-0.05, 0) is 32.9 Å². The van der Waals surface area contributed by atoms with Gasteiger partial charge in [0.15, 0.2) is 11.9 Å². The molecule has 2 aromatic rings. The van der Waals surface area contributed by atoms with Crippen LogP contribution in [0.25, 0.3) is 0 Å². The van der Waals surface area contributed by atoms with E-state index < -0.39 is 34.0 Å². The van der Waals surface area contributed by atoms with E-state index >= 15 is 0 Å². The lowest BCUT2D eigenvalue weighted by atomic mass is 10.2. The Morgan fingerprint density at radius 1 is 1.29 bits per heavy atom. The first-order chi connectivity index (χ1) is 13.2. The maximum Gasteiger partial charge on any atom is 0.331 e. The number of carbonyl (C=O) groups is 2. The van der Waals surface area contributed by atoms with Gasteiger partial charge in [0.25, 0.3) is 15.9 Å². The molecule has 1 amide bonds. The van der Waals surface area contributed by atoms with Gasteiger partial charge in [-0.2, -0.15) is 0 Å². The molecule has 0 fully saturated rings. The maximum atomic E-state index is 12.3. The fraction of sp³-hybridized carbons (Fsp3) is 0.294. The second-order valence-electron chi connectivity index (χ2n) is 6.15. The van der Waals surface area contributed by atoms with Gasteiger partial charge in [0.05, 0.1) is 4.90 Å². The van der Waals surface area contributed by atoms with Crippen molar-refractivity contribution in [2.24, 2.45) is 4.99 Å². The number of aromatic nitrogens is 1. The summed E-state index contributed by atoms with van der Waals surface area (Å²) in [5, 5.41) is 6.08. The SMILES string of the molecule is Cc1cc(NC(=O)C(C)OC(=O)[C@H](C)N=C2NS(=O)(=O)c3ccccc32)no1. The van der Waals surface area contributed by atoms with E-state index in [1.807, 2.05) is 0 Å². The molecule has 0 radical (unpaired) electrons. The Kier molecular flexibility index (Phi) is 5.18. The van der Waals surface area contributed by atoms with Crippen molar-refractivity contribution < 1.29 is 27.3 Å². The van der Waals surface area contributed by atoms with Crippen LogP contribution in [0, 0.1) is 6.92 Å². The Morgan fingerprint density at radius 2 is 2.00 bits per heavy atom. The van der Waals surface area contributed by atoms with Crippen LogP contribution in [-0.2, 0) is 24.3 Å². The molecule has 1 aromatic heterocycles. The van der Waals surface area contributed by atoms with Crippen molar-refractivity contribution in [2.45, 2.75) is 37.8 Å². The van der Waals surface area contributed by atoms with E-state index in [1.165, 1.54) is 26.0 Å². The van der Waals surface area contributed by atoms with Crippen LogP contribution in [0.5, 0.6) is 0 Å². The maximum absolute atomic E-state index is 12.3. The molecular formula is C17H18N4O6S. The van der Waals surface area contributed by atoms with Gasteiger partial charge in [-0.15, -0.1) is 0 Å². The van der Waals surface area contributed by atoms with Crippen molar-refractivity contribution in [3.8, 4) is 0 Å². The zero-order valence-electron chi connectivity index (χ0n) is 15.3. The lowest BCUT2D eigenvalue weighted by Crippen LogP contribution is -2.34. The number of ether oxygens (including phenoxy) is 1. The van der Waals surface area contributed by atoms with E-state index in [0.29, 0.717) is 11.3 Å². The molecule has 1 aromatic carbocycles. The monoisotopic (exact) mass is 406 g/mol. The zero-order valence-corrected chi connectivity index (χ0v) is 16.1. The Hall–Kier alpha value is -3.21. The molecule has 1 aliphatic heterocycles. The topological polar surface area (TPSA) is 140 Å². The molecule has 3 rings (SSSR count). The van der Waals surface area contributed by atoms with Crippen molar-refractivity contribution in [1.82, 2.24) is 9.88 Å². The molecule has 0 bridgehead atoms. The molecule has 28 heavy (non-hydrogen) atoms. The molecule has 1 aliphatic rings. The van der Waals surface area contributed by atoms with Crippen molar-refractivity contribution in [1.29, 1.82) is 0 Å². The van der Waals surface area contributed by atoms with Crippen LogP contribution in [0.1, 0.15) is 25.2 Å². The number of hydrogen-bond acceptors (Lipinski definition) is 8. The minimum Gasteiger partial charge on any atom is -0.451 e. The van der Waals surface area contributed by atoms with Crippen LogP contribution in [0.2, 0.25) is 0 Å². The van der Waals surface area contributed by atoms with E-state index in [4.69, 9.17) is 9.26 Å². The largest absolute Gasteiger partial charge is 0.451 e. The Balaban J connectivity index is 1.66. The second-order valence-corrected chi connectivity index (χ2v) is 7.80. The number of benzene rings is 1. The number of rotatable bonds is 5. The second kappa shape index (κ2) is 7.43. The average Bonchev–Trinajstić information content (AvgIpc) is 3.15. The summed E-state index contributed by atoms with van der Waals surface area (Å²) in [6.07, 6.45) is -1.11. The molecule has 0 spiro atoms. The van der Waals surface area contributed by atoms with Crippen LogP contribution >= 0.6 is 0 Å². The number of fused-ring (bicyclic) bond motifs is 1. The molecule has 148 valence electrons. The molecule has 2 heterocycles. The smallest absolute Gasteiger partial charge is 0.331 e. The molecule has 0 saturated carbocycles. The summed E-state index contributed by atoms with van der Waals surface area (Å²) in [6, 6.07) is 6.77. The third kappa shape index (κ3) is 4.03. The van der Waals surface area contributed by atoms with Gasteiger partial charge in [-0.25, -0.2) is 13.2 Å². The number of carbonyl (C=O) groups excluding carboxylic acids is 2. The summed E-state index contributed by atoms with van der Waals surface area (Å²) in [4.78, 5) is 28.5. The molecule has 0 aliphatic carbocycles. The Labute approximate surface area is 161 Å². The van der Waals surface area contributed by atoms with Crippen LogP contribution in [-0.4, -0.2) is 43.4 Å². The molecule has 2 N–H and O–H groups in total. The molecule has 0 saturated heterocycles. The number of hydrogen-bond donors (Lipinski definition) is 2. The van der Waals surface area contributed by atoms with Gasteiger partial charge in [0.1, 0.15) is 17.6 Å². The van der Waals surface area contributed by atoms with Crippen LogP contribution in [0.15, 0.2) is 44.7 Å². The fourth-order valence-electron chi connectivity index (χ4n) is 2.46. The quantitative estimate of drug-likeness (QED) is 0.705. The first kappa shape index (κ1) is 19.5. The predicted octanol–water partition coefficient (Wildman–Crippen LogP) is 0.980. The summed E-state index contributed by atoms with van der Waals surface area (Å²) in [5.41, 5.74) is 0.370. The van der Waals surface area contributed by atoms with Gasteiger partial charge in [0.2, 0.25) is 0 Å². The highest BCUT2D eigenvalue weighted by atomic mass is 32.2. The number of esters is 1. The normalized spacial score (nSPS) is 18.0. The molecular weight excluding hydrogens is 388 g/mol. The number of aryl methyl sites for hydroxylation is 1. The van der Waals surface area contributed by atoms with Gasteiger partial charge < -0.3 is 14.6 Å². The van der Waals surface area contributed by atoms with E-state index in [-0.39, 0.29) is 16.5 Å². The van der Waals surface area contributed by atoms with E-state index in [0.717, 1.165) is 0 Å². The highest BCUT2D eigenvalue weighted by Gasteiger charge is 2.31. The fourth-order valence-corrected chi connectivity index (χ4v) is 3.69. The molecule has 2 atom stereocenters. The van der Waals surface area contributed by atoms with Crippen molar-refractivity contribution in [3.63, 3.8) is 0 Å². The van der Waals surface area contributed by atoms with Crippen LogP contribution < -0.4 is 10.0 Å². The third-order valence-corrected chi connectivity index (χ3v) is 5.27. The molecule has 11 heteroatoms. The van der Waals surface area contributed by atoms with E-state index in [2.05, 4.69) is 20.2 Å². The molecule has 10 nitrogen and oxygen atoms in total. The van der Waals surface area contributed by atoms with Gasteiger partial charge in [-0.3, -0.25) is 14.5 Å². The van der Waals surface area contributed by atoms with Gasteiger partial charge in [0, 0.05) is 11.6 Å². The minimum absolute atomic E-state index is 0.0511. The number of amides is 1. The van der Waals surface area contributed by atoms with Crippen LogP contribution in [0.4, 0.5) is 5.82 Å². The van der Waals surface area contributed by atoms with Gasteiger partial charge in [-0.1, -0.05) is 17.3 Å². The van der Waals surface area contributed by atoms with Crippen LogP contribution in [0.3, 0.4) is 0 Å². The molecule has 1 unspecified atom stereocenters. The minimum atomic E-state index is -3.71. The number of sulfonamides is 1. The average molecular weight is 406 g/mol. The summed E-state index contributed by atoms with van der Waals surface area (Å²) in [5.74, 6) is -0.599. The predicted molar refractivity (Wildman–Crippen MR) is 98.2 cm³/mol. The van der Waals surface area contributed by atoms with Crippen molar-refractivity contribution in [3.05, 3.63) is 41.7 Å². The number of nitrogens with zero attached hydrogens (tertiary/aromatic N) is 2. The highest BCUT2D eigenvalue weighted by molar-refractivity contribution is 7.90. The number of aliphatic imine (C=N–C) groups is 1. The summed E-state index contributed by atoms with van der Waals surface area (Å²) < 4.78 is 36.4. The zero-order chi connectivity index (χ0) is 20.5. The lowest BCUT2D eigenvalue weighted by Gasteiger charge is -2.14. The van der Waals surface area contributed by atoms with Gasteiger partial charge >= 0.3 is 5.97 Å². The number of amidine groups is 1. The third-order valence-electron chi connectivity index (χ3n) is 3.87. The summed E-state index contributed by atoms with van der Waals surface area (Å²) in [6.45, 7) is 4.51. The number of nitrogens with one attached hydrogen (secondary N) is 2. The Bertz CT molecular complexity index is 1060. The first-order valence-electron chi connectivity index (χ1n) is 8.32. The van der Waals surface area contributed by atoms with E-state index in [1.54, 1.807) is 25.1 Å².